The van der Waals surface area contributed by atoms with Crippen LogP contribution in [-0.2, 0) is 9.63 Å². The first kappa shape index (κ1) is 13.5. The van der Waals surface area contributed by atoms with Gasteiger partial charge in [0.05, 0.1) is 5.69 Å². The number of carbonyl (C=O) groups is 1. The van der Waals surface area contributed by atoms with Crippen LogP contribution < -0.4 is 11.2 Å². The lowest BCUT2D eigenvalue weighted by Crippen LogP contribution is -2.27. The Bertz CT molecular complexity index is 650. The molecule has 0 aliphatic rings. The molecule has 0 amide bonds. The number of nitrogen functional groups attached to an aromatic ring is 1. The Morgan fingerprint density at radius 2 is 2.15 bits per heavy atom. The number of anilines is 1. The van der Waals surface area contributed by atoms with E-state index in [4.69, 9.17) is 10.6 Å². The van der Waals surface area contributed by atoms with Gasteiger partial charge < -0.3 is 10.6 Å². The predicted molar refractivity (Wildman–Crippen MR) is 71.0 cm³/mol. The Balaban J connectivity index is 2.39. The molecule has 0 saturated heterocycles. The number of nitrogens with one attached hydrogen (secondary N) is 1. The van der Waals surface area contributed by atoms with Gasteiger partial charge in [-0.15, -0.1) is 0 Å². The first-order valence-electron chi connectivity index (χ1n) is 5.74. The van der Waals surface area contributed by atoms with E-state index in [9.17, 15) is 4.79 Å². The molecule has 0 fully saturated rings. The summed E-state index contributed by atoms with van der Waals surface area (Å²) in [5, 5.41) is 7.08. The van der Waals surface area contributed by atoms with Crippen LogP contribution in [-0.4, -0.2) is 22.1 Å². The van der Waals surface area contributed by atoms with E-state index < -0.39 is 5.97 Å². The minimum absolute atomic E-state index is 0.0389. The molecule has 8 heteroatoms. The molecule has 1 aromatic heterocycles. The number of nitrogens with two attached hydrogens (primary N) is 1. The minimum atomic E-state index is -0.530. The number of nitrogens with zero attached hydrogens (tertiary/aromatic N) is 3. The van der Waals surface area contributed by atoms with E-state index in [1.165, 1.54) is 6.92 Å². The number of aryl methyl sites for hydroxylation is 1. The van der Waals surface area contributed by atoms with E-state index in [1.54, 1.807) is 6.07 Å². The highest BCUT2D eigenvalue weighted by molar-refractivity contribution is 6.01. The molecule has 8 nitrogen and oxygen atoms in total. The summed E-state index contributed by atoms with van der Waals surface area (Å²) in [6, 6.07) is 7.42. The largest absolute Gasteiger partial charge is 0.379 e. The van der Waals surface area contributed by atoms with Crippen molar-refractivity contribution in [2.75, 3.05) is 5.73 Å². The zero-order valence-electron chi connectivity index (χ0n) is 11.0. The normalized spacial score (nSPS) is 11.2. The highest BCUT2D eigenvalue weighted by Crippen LogP contribution is 2.19. The standard InChI is InChI=1S/C12H13N5O3/c1-7-5-3-4-6-9(7)14-12(17-19-8(2)18)10-11(13)16-20-15-10/h3-6H,1-2H3,(H2,13,16)(H,14,17). The summed E-state index contributed by atoms with van der Waals surface area (Å²) in [7, 11) is 0. The molecule has 0 aliphatic carbocycles. The van der Waals surface area contributed by atoms with Crippen molar-refractivity contribution >= 4 is 23.3 Å². The lowest BCUT2D eigenvalue weighted by Gasteiger charge is -2.07. The van der Waals surface area contributed by atoms with Crippen LogP contribution >= 0.6 is 0 Å². The molecular weight excluding hydrogens is 262 g/mol. The zero-order valence-corrected chi connectivity index (χ0v) is 11.0. The number of carbonyl (C=O) groups excluding carboxylic acids is 1. The summed E-state index contributed by atoms with van der Waals surface area (Å²) in [5.74, 6) is -0.359. The van der Waals surface area contributed by atoms with Gasteiger partial charge in [-0.1, -0.05) is 18.2 Å². The topological polar surface area (TPSA) is 116 Å². The van der Waals surface area contributed by atoms with E-state index in [0.717, 1.165) is 5.56 Å². The van der Waals surface area contributed by atoms with E-state index in [-0.39, 0.29) is 17.3 Å². The van der Waals surface area contributed by atoms with Crippen molar-refractivity contribution in [2.45, 2.75) is 13.8 Å². The first-order valence-corrected chi connectivity index (χ1v) is 5.74. The molecule has 0 bridgehead atoms. The van der Waals surface area contributed by atoms with Crippen LogP contribution in [0, 0.1) is 6.92 Å². The van der Waals surface area contributed by atoms with Crippen LogP contribution in [0.2, 0.25) is 0 Å². The lowest BCUT2D eigenvalue weighted by molar-refractivity contribution is -0.145. The number of hydrogen-bond acceptors (Lipinski definition) is 7. The second-order valence-electron chi connectivity index (χ2n) is 3.94. The fourth-order valence-corrected chi connectivity index (χ4v) is 1.41. The van der Waals surface area contributed by atoms with Gasteiger partial charge in [-0.25, -0.2) is 9.62 Å². The van der Waals surface area contributed by atoms with E-state index in [0.29, 0.717) is 5.69 Å². The number of amidine groups is 1. The maximum absolute atomic E-state index is 10.9. The number of rotatable bonds is 2. The summed E-state index contributed by atoms with van der Waals surface area (Å²) < 4.78 is 4.51. The van der Waals surface area contributed by atoms with Crippen molar-refractivity contribution in [1.82, 2.24) is 15.8 Å². The quantitative estimate of drug-likeness (QED) is 0.479. The summed E-state index contributed by atoms with van der Waals surface area (Å²) >= 11 is 0. The zero-order chi connectivity index (χ0) is 14.5. The van der Waals surface area contributed by atoms with Gasteiger partial charge in [-0.05, 0) is 28.9 Å². The molecule has 0 aliphatic heterocycles. The second kappa shape index (κ2) is 5.83. The van der Waals surface area contributed by atoms with Gasteiger partial charge in [0.25, 0.3) is 0 Å². The molecule has 3 N–H and O–H groups in total. The second-order valence-corrected chi connectivity index (χ2v) is 3.94. The summed E-state index contributed by atoms with van der Waals surface area (Å²) in [5.41, 5.74) is 9.77. The van der Waals surface area contributed by atoms with Crippen molar-refractivity contribution < 1.29 is 14.3 Å². The third-order valence-electron chi connectivity index (χ3n) is 2.38. The van der Waals surface area contributed by atoms with Gasteiger partial charge >= 0.3 is 5.97 Å². The summed E-state index contributed by atoms with van der Waals surface area (Å²) in [6.45, 7) is 3.15. The van der Waals surface area contributed by atoms with Crippen molar-refractivity contribution in [3.8, 4) is 0 Å². The van der Waals surface area contributed by atoms with Crippen molar-refractivity contribution in [3.63, 3.8) is 0 Å². The minimum Gasteiger partial charge on any atom is -0.379 e. The average molecular weight is 275 g/mol. The van der Waals surface area contributed by atoms with Gasteiger partial charge in [0.2, 0.25) is 0 Å². The smallest absolute Gasteiger partial charge is 0.329 e. The fraction of sp³-hybridized carbons (Fsp3) is 0.167. The maximum atomic E-state index is 10.9. The average Bonchev–Trinajstić information content (AvgIpc) is 2.82. The number of hydrogen-bond donors (Lipinski definition) is 2. The van der Waals surface area contributed by atoms with Gasteiger partial charge in [0.1, 0.15) is 0 Å². The van der Waals surface area contributed by atoms with Crippen molar-refractivity contribution in [3.05, 3.63) is 35.5 Å². The molecule has 20 heavy (non-hydrogen) atoms. The molecule has 1 heterocycles. The highest BCUT2D eigenvalue weighted by atomic mass is 16.7. The Morgan fingerprint density at radius 1 is 1.40 bits per heavy atom. The van der Waals surface area contributed by atoms with E-state index in [2.05, 4.69) is 25.4 Å². The monoisotopic (exact) mass is 275 g/mol. The molecule has 1 aromatic carbocycles. The Kier molecular flexibility index (Phi) is 3.94. The predicted octanol–water partition coefficient (Wildman–Crippen LogP) is 1.11. The molecular formula is C12H13N5O3. The number of aliphatic imine (C=N–C) groups is 1. The third-order valence-corrected chi connectivity index (χ3v) is 2.38. The fourth-order valence-electron chi connectivity index (χ4n) is 1.41. The molecule has 0 radical (unpaired) electrons. The van der Waals surface area contributed by atoms with Gasteiger partial charge in [-0.3, -0.25) is 4.79 Å². The van der Waals surface area contributed by atoms with Gasteiger partial charge in [-0.2, -0.15) is 5.48 Å². The SMILES string of the molecule is CC(=O)ONC(=Nc1ccccc1C)c1nonc1N. The van der Waals surface area contributed by atoms with Crippen LogP contribution in [0.3, 0.4) is 0 Å². The molecule has 2 aromatic rings. The van der Waals surface area contributed by atoms with Crippen LogP contribution in [0.25, 0.3) is 0 Å². The van der Waals surface area contributed by atoms with Crippen LogP contribution in [0.4, 0.5) is 11.5 Å². The molecule has 0 saturated carbocycles. The molecule has 0 atom stereocenters. The molecule has 2 rings (SSSR count). The number of benzene rings is 1. The Hall–Kier alpha value is -2.90. The number of aromatic nitrogens is 2. The van der Waals surface area contributed by atoms with E-state index >= 15 is 0 Å². The van der Waals surface area contributed by atoms with Gasteiger partial charge in [0, 0.05) is 6.92 Å². The lowest BCUT2D eigenvalue weighted by atomic mass is 10.2. The number of hydroxylamine groups is 1. The summed E-state index contributed by atoms with van der Waals surface area (Å²) in [4.78, 5) is 19.9. The summed E-state index contributed by atoms with van der Waals surface area (Å²) in [6.07, 6.45) is 0. The number of para-hydroxylation sites is 1. The van der Waals surface area contributed by atoms with Gasteiger partial charge in [0.15, 0.2) is 17.3 Å². The van der Waals surface area contributed by atoms with Crippen molar-refractivity contribution in [1.29, 1.82) is 0 Å². The van der Waals surface area contributed by atoms with Crippen LogP contribution in [0.15, 0.2) is 33.9 Å². The Morgan fingerprint density at radius 3 is 2.75 bits per heavy atom. The van der Waals surface area contributed by atoms with Crippen molar-refractivity contribution in [2.24, 2.45) is 4.99 Å². The molecule has 0 spiro atoms. The third kappa shape index (κ3) is 3.10. The van der Waals surface area contributed by atoms with Crippen LogP contribution in [0.5, 0.6) is 0 Å². The Labute approximate surface area is 114 Å². The van der Waals surface area contributed by atoms with E-state index in [1.807, 2.05) is 25.1 Å². The van der Waals surface area contributed by atoms with Crippen LogP contribution in [0.1, 0.15) is 18.2 Å². The maximum Gasteiger partial charge on any atom is 0.329 e. The molecule has 0 unspecified atom stereocenters. The molecule has 104 valence electrons. The first-order chi connectivity index (χ1) is 9.58. The highest BCUT2D eigenvalue weighted by Gasteiger charge is 2.16.